The van der Waals surface area contributed by atoms with Crippen LogP contribution in [-0.2, 0) is 17.7 Å². The average molecular weight is 600 g/mol. The molecule has 3 aromatic rings. The number of anilines is 2. The Morgan fingerprint density at radius 3 is 2.66 bits per heavy atom. The van der Waals surface area contributed by atoms with E-state index in [1.807, 2.05) is 11.8 Å². The Kier molecular flexibility index (Phi) is 7.57. The van der Waals surface area contributed by atoms with Crippen molar-refractivity contribution in [1.29, 1.82) is 0 Å². The first-order valence-electron chi connectivity index (χ1n) is 13.6. The number of piperidine rings is 1. The topological polar surface area (TPSA) is 174 Å². The summed E-state index contributed by atoms with van der Waals surface area (Å²) in [6, 6.07) is 5.05. The zero-order valence-electron chi connectivity index (χ0n) is 22.4. The van der Waals surface area contributed by atoms with Gasteiger partial charge in [0, 0.05) is 42.4 Å². The molecule has 3 aliphatic heterocycles. The van der Waals surface area contributed by atoms with E-state index in [0.29, 0.717) is 36.2 Å². The highest BCUT2D eigenvalue weighted by Crippen LogP contribution is 2.41. The summed E-state index contributed by atoms with van der Waals surface area (Å²) in [5.41, 5.74) is 5.67. The average Bonchev–Trinajstić information content (AvgIpc) is 3.24. The number of benzene rings is 1. The predicted molar refractivity (Wildman–Crippen MR) is 152 cm³/mol. The van der Waals surface area contributed by atoms with E-state index in [-0.39, 0.29) is 33.4 Å². The highest BCUT2D eigenvalue weighted by atomic mass is 35.5. The van der Waals surface area contributed by atoms with Gasteiger partial charge in [0.25, 0.3) is 17.4 Å². The Morgan fingerprint density at radius 2 is 1.95 bits per heavy atom. The molecule has 1 spiro atoms. The second-order valence-corrected chi connectivity index (χ2v) is 12.1. The largest absolute Gasteiger partial charge is 0.493 e. The summed E-state index contributed by atoms with van der Waals surface area (Å²) in [5, 5.41) is 30.5. The molecule has 0 saturated carbocycles. The third kappa shape index (κ3) is 5.25. The van der Waals surface area contributed by atoms with Crippen LogP contribution in [0.15, 0.2) is 33.0 Å². The number of nitrogens with zero attached hydrogens (tertiary/aromatic N) is 7. The van der Waals surface area contributed by atoms with Gasteiger partial charge in [0.2, 0.25) is 11.0 Å². The van der Waals surface area contributed by atoms with Crippen molar-refractivity contribution in [1.82, 2.24) is 29.9 Å². The fourth-order valence-corrected chi connectivity index (χ4v) is 6.73. The number of fused-ring (bicyclic) bond motifs is 1. The summed E-state index contributed by atoms with van der Waals surface area (Å²) in [6.45, 7) is 4.64. The number of hydrogen-bond acceptors (Lipinski definition) is 12. The molecule has 0 unspecified atom stereocenters. The Balaban J connectivity index is 1.13. The summed E-state index contributed by atoms with van der Waals surface area (Å²) in [7, 11) is 0. The van der Waals surface area contributed by atoms with Gasteiger partial charge in [-0.1, -0.05) is 17.7 Å². The van der Waals surface area contributed by atoms with E-state index in [4.69, 9.17) is 22.1 Å². The van der Waals surface area contributed by atoms with Gasteiger partial charge in [-0.15, -0.1) is 20.4 Å². The van der Waals surface area contributed by atoms with Crippen molar-refractivity contribution >= 4 is 40.9 Å². The van der Waals surface area contributed by atoms with Crippen LogP contribution in [0.3, 0.4) is 0 Å². The molecule has 216 valence electrons. The SMILES string of the molecule is C[C@@H]1OCC2(CCN(c3nnc(Sc4cccc(NC(=O)c5c(O)nc6n(c5=O)CCCC6)c4Cl)nn3)CC2)[C@@H]1N. The van der Waals surface area contributed by atoms with Gasteiger partial charge in [-0.25, -0.2) is 0 Å². The van der Waals surface area contributed by atoms with E-state index in [9.17, 15) is 14.7 Å². The summed E-state index contributed by atoms with van der Waals surface area (Å²) >= 11 is 7.74. The number of rotatable bonds is 5. The molecule has 41 heavy (non-hydrogen) atoms. The van der Waals surface area contributed by atoms with Crippen molar-refractivity contribution in [2.24, 2.45) is 11.1 Å². The van der Waals surface area contributed by atoms with Crippen LogP contribution in [0.25, 0.3) is 0 Å². The van der Waals surface area contributed by atoms with Gasteiger partial charge in [-0.3, -0.25) is 14.2 Å². The first-order valence-corrected chi connectivity index (χ1v) is 14.7. The van der Waals surface area contributed by atoms with Crippen molar-refractivity contribution in [3.63, 3.8) is 0 Å². The molecule has 6 rings (SSSR count). The number of hydrogen-bond donors (Lipinski definition) is 3. The summed E-state index contributed by atoms with van der Waals surface area (Å²) in [5.74, 6) is -0.462. The van der Waals surface area contributed by atoms with E-state index in [0.717, 1.165) is 50.5 Å². The first kappa shape index (κ1) is 27.8. The summed E-state index contributed by atoms with van der Waals surface area (Å²) in [6.07, 6.45) is 4.09. The Labute approximate surface area is 244 Å². The zero-order chi connectivity index (χ0) is 28.7. The van der Waals surface area contributed by atoms with E-state index in [2.05, 4.69) is 30.7 Å². The summed E-state index contributed by atoms with van der Waals surface area (Å²) in [4.78, 5) is 32.6. The first-order chi connectivity index (χ1) is 19.8. The normalized spacial score (nSPS) is 21.6. The highest BCUT2D eigenvalue weighted by Gasteiger charge is 2.47. The van der Waals surface area contributed by atoms with Gasteiger partial charge < -0.3 is 25.8 Å². The third-order valence-corrected chi connectivity index (χ3v) is 9.66. The fourth-order valence-electron chi connectivity index (χ4n) is 5.74. The fraction of sp³-hybridized carbons (Fsp3) is 0.500. The molecular weight excluding hydrogens is 570 g/mol. The van der Waals surface area contributed by atoms with E-state index < -0.39 is 22.9 Å². The number of carbonyl (C=O) groups is 1. The zero-order valence-corrected chi connectivity index (χ0v) is 24.0. The Bertz CT molecular complexity index is 1530. The van der Waals surface area contributed by atoms with Crippen LogP contribution in [0.4, 0.5) is 11.6 Å². The number of carbonyl (C=O) groups excluding carboxylic acids is 1. The monoisotopic (exact) mass is 599 g/mol. The van der Waals surface area contributed by atoms with E-state index >= 15 is 0 Å². The van der Waals surface area contributed by atoms with Crippen molar-refractivity contribution in [2.75, 3.05) is 29.9 Å². The molecular formula is C26H30ClN9O4S. The van der Waals surface area contributed by atoms with Crippen molar-refractivity contribution in [2.45, 2.75) is 67.8 Å². The molecule has 5 heterocycles. The van der Waals surface area contributed by atoms with Gasteiger partial charge in [0.15, 0.2) is 5.56 Å². The van der Waals surface area contributed by atoms with Gasteiger partial charge in [-0.2, -0.15) is 4.98 Å². The molecule has 0 bridgehead atoms. The number of aromatic hydroxyl groups is 1. The lowest BCUT2D eigenvalue weighted by molar-refractivity contribution is 0.0973. The molecule has 2 atom stereocenters. The Hall–Kier alpha value is -3.33. The number of aryl methyl sites for hydroxylation is 1. The molecule has 2 saturated heterocycles. The van der Waals surface area contributed by atoms with Crippen LogP contribution >= 0.6 is 23.4 Å². The molecule has 1 amide bonds. The molecule has 2 fully saturated rings. The molecule has 4 N–H and O–H groups in total. The van der Waals surface area contributed by atoms with Gasteiger partial charge in [-0.05, 0) is 56.5 Å². The number of ether oxygens (including phenoxy) is 1. The number of aromatic nitrogens is 6. The maximum Gasteiger partial charge on any atom is 0.270 e. The Morgan fingerprint density at radius 1 is 1.20 bits per heavy atom. The van der Waals surface area contributed by atoms with Crippen LogP contribution in [0.1, 0.15) is 48.8 Å². The molecule has 15 heteroatoms. The number of halogens is 1. The van der Waals surface area contributed by atoms with Crippen molar-refractivity contribution < 1.29 is 14.6 Å². The second-order valence-electron chi connectivity index (χ2n) is 10.7. The lowest BCUT2D eigenvalue weighted by Gasteiger charge is -2.40. The standard InChI is InChI=1S/C26H30ClN9O4S/c1-14-20(28)26(13-40-14)8-11-35(12-9-26)24-31-33-25(34-32-24)41-16-6-4-5-15(19(16)27)29-21(37)18-22(38)30-17-7-2-3-10-36(17)23(18)39/h4-6,14,20,38H,2-3,7-13,28H2,1H3,(H,29,37)/t14-,20+/m0/s1. The number of nitrogens with two attached hydrogens (primary N) is 1. The number of amides is 1. The van der Waals surface area contributed by atoms with Crippen LogP contribution in [0.5, 0.6) is 5.88 Å². The maximum absolute atomic E-state index is 13.0. The number of nitrogens with one attached hydrogen (secondary N) is 1. The van der Waals surface area contributed by atoms with Gasteiger partial charge in [0.1, 0.15) is 5.82 Å². The van der Waals surface area contributed by atoms with Crippen LogP contribution in [0.2, 0.25) is 5.02 Å². The van der Waals surface area contributed by atoms with Crippen LogP contribution in [0, 0.1) is 5.41 Å². The van der Waals surface area contributed by atoms with E-state index in [1.165, 1.54) is 4.57 Å². The predicted octanol–water partition coefficient (Wildman–Crippen LogP) is 2.25. The van der Waals surface area contributed by atoms with Crippen molar-refractivity contribution in [3.8, 4) is 5.88 Å². The lowest BCUT2D eigenvalue weighted by Crippen LogP contribution is -2.51. The van der Waals surface area contributed by atoms with Crippen molar-refractivity contribution in [3.05, 3.63) is 45.0 Å². The molecule has 13 nitrogen and oxygen atoms in total. The lowest BCUT2D eigenvalue weighted by atomic mass is 9.73. The van der Waals surface area contributed by atoms with E-state index in [1.54, 1.807) is 18.2 Å². The second kappa shape index (κ2) is 11.2. The minimum absolute atomic E-state index is 0.00694. The molecule has 2 aromatic heterocycles. The minimum atomic E-state index is -0.795. The minimum Gasteiger partial charge on any atom is -0.493 e. The smallest absolute Gasteiger partial charge is 0.270 e. The summed E-state index contributed by atoms with van der Waals surface area (Å²) < 4.78 is 7.24. The van der Waals surface area contributed by atoms with Gasteiger partial charge >= 0.3 is 0 Å². The molecule has 1 aromatic carbocycles. The molecule has 0 aliphatic carbocycles. The van der Waals surface area contributed by atoms with Crippen LogP contribution in [-0.4, -0.2) is 72.8 Å². The maximum atomic E-state index is 13.0. The van der Waals surface area contributed by atoms with Gasteiger partial charge in [0.05, 0.1) is 23.4 Å². The molecule has 3 aliphatic rings. The third-order valence-electron chi connectivity index (χ3n) is 8.24. The molecule has 0 radical (unpaired) electrons. The highest BCUT2D eigenvalue weighted by molar-refractivity contribution is 7.99. The van der Waals surface area contributed by atoms with Crippen LogP contribution < -0.4 is 21.5 Å². The quantitative estimate of drug-likeness (QED) is 0.391.